The minimum Gasteiger partial charge on any atom is -0.450 e. The molecule has 2 heteroatoms. The van der Waals surface area contributed by atoms with Crippen molar-refractivity contribution in [3.05, 3.63) is 41.8 Å². The molecule has 16 heavy (non-hydrogen) atoms. The van der Waals surface area contributed by atoms with Crippen molar-refractivity contribution in [2.75, 3.05) is 0 Å². The lowest BCUT2D eigenvalue weighted by molar-refractivity contribution is 0.516. The zero-order chi connectivity index (χ0) is 11.2. The molecule has 0 aliphatic heterocycles. The molecule has 0 radical (unpaired) electrons. The molecule has 0 fully saturated rings. The van der Waals surface area contributed by atoms with Gasteiger partial charge in [-0.25, -0.2) is 0 Å². The highest BCUT2D eigenvalue weighted by Crippen LogP contribution is 2.27. The molecule has 0 saturated heterocycles. The Hall–Kier alpha value is -1.15. The van der Waals surface area contributed by atoms with Crippen LogP contribution >= 0.6 is 11.8 Å². The maximum absolute atomic E-state index is 5.69. The van der Waals surface area contributed by atoms with Crippen molar-refractivity contribution in [1.29, 1.82) is 0 Å². The lowest BCUT2D eigenvalue weighted by atomic mass is 10.2. The molecule has 0 bridgehead atoms. The third-order valence-corrected chi connectivity index (χ3v) is 3.17. The molecule has 1 aromatic carbocycles. The fourth-order valence-electron chi connectivity index (χ4n) is 1.52. The first-order valence-electron chi connectivity index (χ1n) is 5.70. The summed E-state index contributed by atoms with van der Waals surface area (Å²) in [6.07, 6.45) is 5.88. The van der Waals surface area contributed by atoms with Crippen LogP contribution in [0, 0.1) is 0 Å². The first-order valence-corrected chi connectivity index (χ1v) is 6.58. The Morgan fingerprint density at radius 3 is 3.00 bits per heavy atom. The van der Waals surface area contributed by atoms with Gasteiger partial charge in [0.25, 0.3) is 0 Å². The molecular weight excluding hydrogens is 216 g/mol. The van der Waals surface area contributed by atoms with Crippen LogP contribution in [-0.4, -0.2) is 0 Å². The van der Waals surface area contributed by atoms with E-state index in [1.165, 1.54) is 18.2 Å². The van der Waals surface area contributed by atoms with Crippen LogP contribution in [0.4, 0.5) is 0 Å². The predicted molar refractivity (Wildman–Crippen MR) is 70.7 cm³/mol. The molecule has 2 rings (SSSR count). The lowest BCUT2D eigenvalue weighted by Gasteiger charge is -1.89. The third-order valence-electron chi connectivity index (χ3n) is 2.41. The SMILES string of the molecule is CCCC/C=C/Sc1cc2ccccc2o1. The van der Waals surface area contributed by atoms with E-state index in [1.54, 1.807) is 11.8 Å². The van der Waals surface area contributed by atoms with Crippen molar-refractivity contribution in [2.24, 2.45) is 0 Å². The van der Waals surface area contributed by atoms with Crippen LogP contribution in [0.25, 0.3) is 11.0 Å². The normalized spacial score (nSPS) is 11.6. The molecule has 0 saturated carbocycles. The van der Waals surface area contributed by atoms with E-state index >= 15 is 0 Å². The number of benzene rings is 1. The predicted octanol–water partition coefficient (Wildman–Crippen LogP) is 5.23. The van der Waals surface area contributed by atoms with Crippen molar-refractivity contribution in [3.8, 4) is 0 Å². The van der Waals surface area contributed by atoms with Crippen molar-refractivity contribution >= 4 is 22.7 Å². The molecule has 0 aliphatic rings. The smallest absolute Gasteiger partial charge is 0.165 e. The summed E-state index contributed by atoms with van der Waals surface area (Å²) in [6.45, 7) is 2.21. The van der Waals surface area contributed by atoms with Crippen molar-refractivity contribution < 1.29 is 4.42 Å². The average molecular weight is 232 g/mol. The molecule has 1 heterocycles. The summed E-state index contributed by atoms with van der Waals surface area (Å²) in [4.78, 5) is 0. The van der Waals surface area contributed by atoms with Crippen LogP contribution in [0.5, 0.6) is 0 Å². The summed E-state index contributed by atoms with van der Waals surface area (Å²) in [5.41, 5.74) is 0.965. The Kier molecular flexibility index (Phi) is 4.11. The Bertz CT molecular complexity index is 437. The van der Waals surface area contributed by atoms with Crippen LogP contribution in [0.3, 0.4) is 0 Å². The minimum absolute atomic E-state index is 0.965. The zero-order valence-electron chi connectivity index (χ0n) is 9.48. The molecule has 1 nitrogen and oxygen atoms in total. The largest absolute Gasteiger partial charge is 0.450 e. The Labute approximate surface area is 101 Å². The van der Waals surface area contributed by atoms with E-state index < -0.39 is 0 Å². The molecule has 0 amide bonds. The van der Waals surface area contributed by atoms with E-state index in [-0.39, 0.29) is 0 Å². The second-order valence-corrected chi connectivity index (χ2v) is 4.65. The van der Waals surface area contributed by atoms with Gasteiger partial charge in [-0.3, -0.25) is 0 Å². The van der Waals surface area contributed by atoms with Gasteiger partial charge < -0.3 is 4.42 Å². The summed E-state index contributed by atoms with van der Waals surface area (Å²) in [5, 5.41) is 4.26. The van der Waals surface area contributed by atoms with Gasteiger partial charge in [-0.15, -0.1) is 0 Å². The second kappa shape index (κ2) is 5.80. The van der Waals surface area contributed by atoms with E-state index in [4.69, 9.17) is 4.42 Å². The fraction of sp³-hybridized carbons (Fsp3) is 0.286. The number of hydrogen-bond donors (Lipinski definition) is 0. The first-order chi connectivity index (χ1) is 7.90. The van der Waals surface area contributed by atoms with Gasteiger partial charge in [-0.2, -0.15) is 0 Å². The Morgan fingerprint density at radius 2 is 2.19 bits per heavy atom. The number of furan rings is 1. The van der Waals surface area contributed by atoms with E-state index in [9.17, 15) is 0 Å². The third kappa shape index (κ3) is 2.92. The quantitative estimate of drug-likeness (QED) is 0.517. The van der Waals surface area contributed by atoms with E-state index in [0.717, 1.165) is 17.1 Å². The number of para-hydroxylation sites is 1. The molecule has 84 valence electrons. The number of allylic oxidation sites excluding steroid dienone is 1. The topological polar surface area (TPSA) is 13.1 Å². The van der Waals surface area contributed by atoms with Crippen LogP contribution < -0.4 is 0 Å². The number of rotatable bonds is 5. The molecule has 0 spiro atoms. The zero-order valence-corrected chi connectivity index (χ0v) is 10.3. The number of unbranched alkanes of at least 4 members (excludes halogenated alkanes) is 2. The summed E-state index contributed by atoms with van der Waals surface area (Å²) in [6, 6.07) is 10.2. The van der Waals surface area contributed by atoms with Gasteiger partial charge in [0.05, 0.1) is 0 Å². The van der Waals surface area contributed by atoms with Crippen LogP contribution in [0.1, 0.15) is 26.2 Å². The van der Waals surface area contributed by atoms with Gasteiger partial charge in [-0.05, 0) is 24.0 Å². The fourth-order valence-corrected chi connectivity index (χ4v) is 2.22. The molecular formula is C14H16OS. The molecule has 0 N–H and O–H groups in total. The second-order valence-electron chi connectivity index (χ2n) is 3.74. The molecule has 2 aromatic rings. The van der Waals surface area contributed by atoms with Crippen LogP contribution in [-0.2, 0) is 0 Å². The molecule has 0 unspecified atom stereocenters. The summed E-state index contributed by atoms with van der Waals surface area (Å²) in [7, 11) is 0. The highest BCUT2D eigenvalue weighted by Gasteiger charge is 2.00. The molecule has 0 atom stereocenters. The van der Waals surface area contributed by atoms with Gasteiger partial charge in [0, 0.05) is 5.39 Å². The lowest BCUT2D eigenvalue weighted by Crippen LogP contribution is -1.65. The van der Waals surface area contributed by atoms with Crippen LogP contribution in [0.2, 0.25) is 0 Å². The summed E-state index contributed by atoms with van der Waals surface area (Å²) < 4.78 is 5.69. The highest BCUT2D eigenvalue weighted by atomic mass is 32.2. The Morgan fingerprint density at radius 1 is 1.31 bits per heavy atom. The van der Waals surface area contributed by atoms with Gasteiger partial charge in [0.2, 0.25) is 0 Å². The standard InChI is InChI=1S/C14H16OS/c1-2-3-4-7-10-16-14-11-12-8-5-6-9-13(12)15-14/h5-11H,2-4H2,1H3/b10-7+. The number of fused-ring (bicyclic) bond motifs is 1. The highest BCUT2D eigenvalue weighted by molar-refractivity contribution is 8.02. The summed E-state index contributed by atoms with van der Waals surface area (Å²) >= 11 is 1.65. The van der Waals surface area contributed by atoms with Gasteiger partial charge >= 0.3 is 0 Å². The van der Waals surface area contributed by atoms with Gasteiger partial charge in [-0.1, -0.05) is 55.8 Å². The maximum atomic E-state index is 5.69. The van der Waals surface area contributed by atoms with Gasteiger partial charge in [0.15, 0.2) is 5.09 Å². The Balaban J connectivity index is 1.96. The van der Waals surface area contributed by atoms with Crippen LogP contribution in [0.15, 0.2) is 51.3 Å². The number of thioether (sulfide) groups is 1. The number of hydrogen-bond acceptors (Lipinski definition) is 2. The van der Waals surface area contributed by atoms with E-state index in [1.807, 2.05) is 18.2 Å². The van der Waals surface area contributed by atoms with E-state index in [2.05, 4.69) is 30.5 Å². The maximum Gasteiger partial charge on any atom is 0.165 e. The summed E-state index contributed by atoms with van der Waals surface area (Å²) in [5.74, 6) is 0. The van der Waals surface area contributed by atoms with Gasteiger partial charge in [0.1, 0.15) is 5.58 Å². The monoisotopic (exact) mass is 232 g/mol. The molecule has 0 aliphatic carbocycles. The van der Waals surface area contributed by atoms with Crippen molar-refractivity contribution in [2.45, 2.75) is 31.3 Å². The minimum atomic E-state index is 0.965. The van der Waals surface area contributed by atoms with Crippen molar-refractivity contribution in [1.82, 2.24) is 0 Å². The first kappa shape index (κ1) is 11.3. The van der Waals surface area contributed by atoms with E-state index in [0.29, 0.717) is 0 Å². The molecule has 1 aromatic heterocycles. The van der Waals surface area contributed by atoms with Crippen molar-refractivity contribution in [3.63, 3.8) is 0 Å². The average Bonchev–Trinajstić information content (AvgIpc) is 2.71.